The summed E-state index contributed by atoms with van der Waals surface area (Å²) in [5.74, 6) is 1.12. The number of hydrogen-bond donors (Lipinski definition) is 0. The lowest BCUT2D eigenvalue weighted by Gasteiger charge is -2.17. The Morgan fingerprint density at radius 1 is 1.23 bits per heavy atom. The van der Waals surface area contributed by atoms with Crippen LogP contribution in [0.3, 0.4) is 0 Å². The third-order valence-electron chi connectivity index (χ3n) is 3.74. The summed E-state index contributed by atoms with van der Waals surface area (Å²) in [4.78, 5) is 32.4. The second-order valence-electron chi connectivity index (χ2n) is 6.86. The first-order valence-electron chi connectivity index (χ1n) is 9.33. The summed E-state index contributed by atoms with van der Waals surface area (Å²) in [5, 5.41) is 0. The topological polar surface area (TPSA) is 64.8 Å². The Labute approximate surface area is 156 Å². The number of ketones is 2. The molecule has 0 aliphatic heterocycles. The molecule has 0 spiro atoms. The Balaban J connectivity index is 0.000000500. The van der Waals surface area contributed by atoms with Crippen molar-refractivity contribution in [2.45, 2.75) is 67.3 Å². The number of nitrogens with zero attached hydrogens (tertiary/aromatic N) is 3. The molecule has 2 aromatic heterocycles. The van der Waals surface area contributed by atoms with Gasteiger partial charge in [-0.25, -0.2) is 4.98 Å². The highest BCUT2D eigenvalue weighted by Crippen LogP contribution is 2.29. The van der Waals surface area contributed by atoms with Crippen LogP contribution >= 0.6 is 0 Å². The molecule has 2 heterocycles. The summed E-state index contributed by atoms with van der Waals surface area (Å²) in [6, 6.07) is 3.82. The minimum Gasteiger partial charge on any atom is -0.321 e. The molecule has 0 aromatic carbocycles. The lowest BCUT2D eigenvalue weighted by Crippen LogP contribution is -2.25. The summed E-state index contributed by atoms with van der Waals surface area (Å²) in [6.07, 6.45) is 3.46. The normalized spacial score (nSPS) is 15.6. The number of fused-ring (bicyclic) bond motifs is 1. The van der Waals surface area contributed by atoms with E-state index < -0.39 is 0 Å². The molecule has 5 nitrogen and oxygen atoms in total. The van der Waals surface area contributed by atoms with Crippen molar-refractivity contribution in [2.24, 2.45) is 5.92 Å². The Kier molecular flexibility index (Phi) is 8.36. The first-order chi connectivity index (χ1) is 12.3. The maximum Gasteiger partial charge on any atom is 0.188 e. The van der Waals surface area contributed by atoms with Crippen LogP contribution < -0.4 is 0 Å². The molecule has 0 amide bonds. The number of pyridine rings is 1. The number of carbonyl (C=O) groups is 2. The van der Waals surface area contributed by atoms with E-state index in [0.29, 0.717) is 17.9 Å². The molecule has 0 fully saturated rings. The van der Waals surface area contributed by atoms with Gasteiger partial charge in [0.15, 0.2) is 5.78 Å². The van der Waals surface area contributed by atoms with Crippen LogP contribution in [0.25, 0.3) is 0 Å². The number of Topliss-reactive ketones (excluding diaryl/α,β-unsaturated/α-hetero) is 2. The maximum atomic E-state index is 12.2. The SMILES string of the molecule is CC.CC(C)C.Cc1nc2c(n1Cc1cccnc1)C(=O)CC(=O)C2C. The monoisotopic (exact) mass is 357 g/mol. The van der Waals surface area contributed by atoms with E-state index in [1.807, 2.05) is 44.4 Å². The van der Waals surface area contributed by atoms with Crippen molar-refractivity contribution in [3.8, 4) is 0 Å². The van der Waals surface area contributed by atoms with Gasteiger partial charge in [0, 0.05) is 12.4 Å². The Bertz CT molecular complexity index is 730. The number of carbonyl (C=O) groups excluding carboxylic acids is 2. The predicted molar refractivity (Wildman–Crippen MR) is 105 cm³/mol. The van der Waals surface area contributed by atoms with Gasteiger partial charge < -0.3 is 4.57 Å². The number of hydrogen-bond acceptors (Lipinski definition) is 4. The van der Waals surface area contributed by atoms with E-state index >= 15 is 0 Å². The first-order valence-corrected chi connectivity index (χ1v) is 9.33. The highest BCUT2D eigenvalue weighted by atomic mass is 16.2. The molecule has 5 heteroatoms. The summed E-state index contributed by atoms with van der Waals surface area (Å²) in [7, 11) is 0. The van der Waals surface area contributed by atoms with Crippen LogP contribution in [0.15, 0.2) is 24.5 Å². The minimum atomic E-state index is -0.295. The lowest BCUT2D eigenvalue weighted by molar-refractivity contribution is -0.119. The van der Waals surface area contributed by atoms with Crippen molar-refractivity contribution in [1.82, 2.24) is 14.5 Å². The van der Waals surface area contributed by atoms with Gasteiger partial charge in [0.2, 0.25) is 0 Å². The van der Waals surface area contributed by atoms with Crippen molar-refractivity contribution in [3.05, 3.63) is 47.3 Å². The minimum absolute atomic E-state index is 0.0215. The molecular formula is C21H31N3O2. The van der Waals surface area contributed by atoms with Gasteiger partial charge in [-0.3, -0.25) is 14.6 Å². The van der Waals surface area contributed by atoms with Crippen LogP contribution in [0.1, 0.15) is 81.5 Å². The van der Waals surface area contributed by atoms with Crippen LogP contribution in [0.4, 0.5) is 0 Å². The number of aryl methyl sites for hydroxylation is 1. The van der Waals surface area contributed by atoms with Crippen molar-refractivity contribution < 1.29 is 9.59 Å². The van der Waals surface area contributed by atoms with E-state index in [4.69, 9.17) is 0 Å². The average Bonchev–Trinajstić information content (AvgIpc) is 2.92. The number of aromatic nitrogens is 3. The molecule has 142 valence electrons. The number of imidazole rings is 1. The van der Waals surface area contributed by atoms with Gasteiger partial charge in [-0.2, -0.15) is 0 Å². The quantitative estimate of drug-likeness (QED) is 0.738. The van der Waals surface area contributed by atoms with Gasteiger partial charge in [0.05, 0.1) is 24.6 Å². The van der Waals surface area contributed by atoms with Crippen LogP contribution in [0.2, 0.25) is 0 Å². The zero-order valence-corrected chi connectivity index (χ0v) is 17.0. The molecule has 1 aliphatic rings. The summed E-state index contributed by atoms with van der Waals surface area (Å²) in [6.45, 7) is 14.7. The van der Waals surface area contributed by atoms with Crippen LogP contribution in [-0.4, -0.2) is 26.1 Å². The highest BCUT2D eigenvalue weighted by Gasteiger charge is 2.34. The second-order valence-corrected chi connectivity index (χ2v) is 6.86. The van der Waals surface area contributed by atoms with Crippen molar-refractivity contribution in [1.29, 1.82) is 0 Å². The fourth-order valence-corrected chi connectivity index (χ4v) is 2.60. The smallest absolute Gasteiger partial charge is 0.188 e. The third kappa shape index (κ3) is 5.35. The molecule has 2 aromatic rings. The largest absolute Gasteiger partial charge is 0.321 e. The van der Waals surface area contributed by atoms with Crippen molar-refractivity contribution in [3.63, 3.8) is 0 Å². The summed E-state index contributed by atoms with van der Waals surface area (Å²) < 4.78 is 1.89. The van der Waals surface area contributed by atoms with Crippen molar-refractivity contribution >= 4 is 11.6 Å². The van der Waals surface area contributed by atoms with Crippen LogP contribution in [0.5, 0.6) is 0 Å². The molecule has 1 aliphatic carbocycles. The Morgan fingerprint density at radius 2 is 1.85 bits per heavy atom. The lowest BCUT2D eigenvalue weighted by atomic mass is 9.89. The zero-order chi connectivity index (χ0) is 19.9. The van der Waals surface area contributed by atoms with E-state index in [1.54, 1.807) is 12.4 Å². The molecule has 0 radical (unpaired) electrons. The van der Waals surface area contributed by atoms with Crippen LogP contribution in [-0.2, 0) is 11.3 Å². The molecular weight excluding hydrogens is 326 g/mol. The van der Waals surface area contributed by atoms with E-state index in [9.17, 15) is 9.59 Å². The third-order valence-corrected chi connectivity index (χ3v) is 3.74. The molecule has 0 saturated heterocycles. The molecule has 0 saturated carbocycles. The van der Waals surface area contributed by atoms with Gasteiger partial charge in [0.1, 0.15) is 17.3 Å². The Morgan fingerprint density at radius 3 is 2.38 bits per heavy atom. The summed E-state index contributed by atoms with van der Waals surface area (Å²) in [5.41, 5.74) is 2.21. The molecule has 0 bridgehead atoms. The van der Waals surface area contributed by atoms with Gasteiger partial charge >= 0.3 is 0 Å². The number of rotatable bonds is 2. The molecule has 1 atom stereocenters. The predicted octanol–water partition coefficient (Wildman–Crippen LogP) is 4.58. The Hall–Kier alpha value is -2.30. The summed E-state index contributed by atoms with van der Waals surface area (Å²) >= 11 is 0. The van der Waals surface area contributed by atoms with E-state index in [0.717, 1.165) is 17.3 Å². The second kappa shape index (κ2) is 10.00. The maximum absolute atomic E-state index is 12.2. The van der Waals surface area contributed by atoms with E-state index in [-0.39, 0.29) is 23.9 Å². The molecule has 3 rings (SSSR count). The fourth-order valence-electron chi connectivity index (χ4n) is 2.60. The van der Waals surface area contributed by atoms with Gasteiger partial charge in [0.25, 0.3) is 0 Å². The van der Waals surface area contributed by atoms with Gasteiger partial charge in [-0.15, -0.1) is 0 Å². The van der Waals surface area contributed by atoms with Crippen LogP contribution in [0, 0.1) is 12.8 Å². The molecule has 26 heavy (non-hydrogen) atoms. The van der Waals surface area contributed by atoms with E-state index in [2.05, 4.69) is 30.7 Å². The van der Waals surface area contributed by atoms with Gasteiger partial charge in [-0.05, 0) is 31.4 Å². The standard InChI is InChI=1S/C15H15N3O2.C4H10.C2H6/c1-9-12(19)6-13(20)15-14(9)17-10(2)18(15)8-11-4-3-5-16-7-11;1-4(2)3;1-2/h3-5,7,9H,6,8H2,1-2H3;4H,1-3H3;1-2H3. The molecule has 1 unspecified atom stereocenters. The van der Waals surface area contributed by atoms with Gasteiger partial charge in [-0.1, -0.05) is 40.7 Å². The van der Waals surface area contributed by atoms with Crippen molar-refractivity contribution in [2.75, 3.05) is 0 Å². The zero-order valence-electron chi connectivity index (χ0n) is 17.0. The van der Waals surface area contributed by atoms with E-state index in [1.165, 1.54) is 0 Å². The molecule has 0 N–H and O–H groups in total. The first kappa shape index (κ1) is 21.7. The highest BCUT2D eigenvalue weighted by molar-refractivity contribution is 6.13. The fraction of sp³-hybridized carbons (Fsp3) is 0.524. The average molecular weight is 357 g/mol.